The number of rotatable bonds is 22. The quantitative estimate of drug-likeness (QED) is 0.103. The van der Waals surface area contributed by atoms with Crippen molar-refractivity contribution in [3.05, 3.63) is 36.5 Å². The van der Waals surface area contributed by atoms with Crippen molar-refractivity contribution in [1.82, 2.24) is 0 Å². The number of carbonyl (C=O) groups excluding carboxylic acids is 1. The summed E-state index contributed by atoms with van der Waals surface area (Å²) >= 11 is 0. The van der Waals surface area contributed by atoms with Crippen LogP contribution in [-0.4, -0.2) is 23.1 Å². The molecular weight excluding hydrogens is 400 g/mol. The summed E-state index contributed by atoms with van der Waals surface area (Å²) in [4.78, 5) is 22.7. The zero-order valence-corrected chi connectivity index (χ0v) is 20.7. The van der Waals surface area contributed by atoms with Crippen molar-refractivity contribution in [3.63, 3.8) is 0 Å². The van der Waals surface area contributed by atoms with Crippen molar-refractivity contribution in [2.45, 2.75) is 129 Å². The van der Waals surface area contributed by atoms with E-state index in [9.17, 15) is 9.59 Å². The van der Waals surface area contributed by atoms with E-state index < -0.39 is 5.97 Å². The van der Waals surface area contributed by atoms with E-state index in [2.05, 4.69) is 50.3 Å². The smallest absolute Gasteiger partial charge is 0.306 e. The van der Waals surface area contributed by atoms with Crippen molar-refractivity contribution >= 4 is 11.9 Å². The van der Waals surface area contributed by atoms with Crippen molar-refractivity contribution < 1.29 is 19.4 Å². The Morgan fingerprint density at radius 2 is 1.31 bits per heavy atom. The van der Waals surface area contributed by atoms with Gasteiger partial charge in [0.15, 0.2) is 0 Å². The molecule has 0 aromatic rings. The second-order valence-electron chi connectivity index (χ2n) is 8.49. The Kier molecular flexibility index (Phi) is 22.4. The van der Waals surface area contributed by atoms with Gasteiger partial charge in [-0.1, -0.05) is 88.8 Å². The molecule has 0 fully saturated rings. The third kappa shape index (κ3) is 22.8. The minimum atomic E-state index is -0.790. The van der Waals surface area contributed by atoms with E-state index >= 15 is 0 Å². The molecule has 0 aliphatic rings. The first kappa shape index (κ1) is 30.2. The van der Waals surface area contributed by atoms with Gasteiger partial charge in [0.2, 0.25) is 0 Å². The number of unbranched alkanes of at least 4 members (excludes halogenated alkanes) is 7. The first-order valence-corrected chi connectivity index (χ1v) is 13.0. The lowest BCUT2D eigenvalue weighted by Crippen LogP contribution is -2.18. The normalized spacial score (nSPS) is 12.8. The minimum Gasteiger partial charge on any atom is -0.481 e. The third-order valence-electron chi connectivity index (χ3n) is 5.36. The molecule has 0 aliphatic carbocycles. The summed E-state index contributed by atoms with van der Waals surface area (Å²) in [5.41, 5.74) is 0. The zero-order chi connectivity index (χ0) is 23.7. The van der Waals surface area contributed by atoms with Crippen molar-refractivity contribution in [1.29, 1.82) is 0 Å². The van der Waals surface area contributed by atoms with E-state index in [1.807, 2.05) is 0 Å². The van der Waals surface area contributed by atoms with Crippen LogP contribution in [-0.2, 0) is 14.3 Å². The number of aliphatic carboxylic acids is 1. The molecule has 0 bridgehead atoms. The summed E-state index contributed by atoms with van der Waals surface area (Å²) in [5, 5.41) is 8.74. The molecule has 0 spiro atoms. The molecule has 184 valence electrons. The molecule has 1 atom stereocenters. The molecule has 4 heteroatoms. The van der Waals surface area contributed by atoms with Crippen LogP contribution in [0.3, 0.4) is 0 Å². The van der Waals surface area contributed by atoms with Crippen LogP contribution in [0, 0.1) is 0 Å². The number of hydrogen-bond acceptors (Lipinski definition) is 3. The fourth-order valence-electron chi connectivity index (χ4n) is 3.55. The van der Waals surface area contributed by atoms with Crippen LogP contribution in [0.15, 0.2) is 36.5 Å². The van der Waals surface area contributed by atoms with E-state index in [0.717, 1.165) is 44.9 Å². The Morgan fingerprint density at radius 1 is 0.719 bits per heavy atom. The average molecular weight is 449 g/mol. The van der Waals surface area contributed by atoms with Gasteiger partial charge in [0.1, 0.15) is 6.10 Å². The number of esters is 1. The number of carboxylic acid groups (broad SMARTS) is 1. The lowest BCUT2D eigenvalue weighted by atomic mass is 10.1. The Labute approximate surface area is 197 Å². The van der Waals surface area contributed by atoms with Crippen LogP contribution in [0.1, 0.15) is 123 Å². The van der Waals surface area contributed by atoms with Crippen LogP contribution in [0.2, 0.25) is 0 Å². The van der Waals surface area contributed by atoms with E-state index in [0.29, 0.717) is 19.3 Å². The predicted octanol–water partition coefficient (Wildman–Crippen LogP) is 8.32. The second-order valence-corrected chi connectivity index (χ2v) is 8.49. The molecule has 0 aliphatic heterocycles. The molecule has 0 radical (unpaired) electrons. The summed E-state index contributed by atoms with van der Waals surface area (Å²) in [6.07, 6.45) is 29.4. The second kappa shape index (κ2) is 23.8. The monoisotopic (exact) mass is 448 g/mol. The molecule has 0 saturated heterocycles. The molecule has 4 nitrogen and oxygen atoms in total. The standard InChI is InChI=1S/C28H48O4/c1-3-5-6-7-8-9-10-11-12-13-14-15-16-17-18-19-20-25-28(31)32-26(22-4-2)23-21-24-27(29)30/h5-6,8-9,11-12,26H,3-4,7,10,13-25H2,1-2H3,(H,29,30)/b6-5-,9-8-,12-11-. The maximum atomic E-state index is 12.0. The minimum absolute atomic E-state index is 0.125. The van der Waals surface area contributed by atoms with Gasteiger partial charge < -0.3 is 9.84 Å². The predicted molar refractivity (Wildman–Crippen MR) is 135 cm³/mol. The summed E-state index contributed by atoms with van der Waals surface area (Å²) in [7, 11) is 0. The Bertz CT molecular complexity index is 534. The molecule has 1 unspecified atom stereocenters. The molecule has 0 heterocycles. The van der Waals surface area contributed by atoms with Crippen molar-refractivity contribution in [2.75, 3.05) is 0 Å². The lowest BCUT2D eigenvalue weighted by Gasteiger charge is -2.17. The van der Waals surface area contributed by atoms with Crippen LogP contribution in [0.4, 0.5) is 0 Å². The highest BCUT2D eigenvalue weighted by atomic mass is 16.5. The van der Waals surface area contributed by atoms with Crippen molar-refractivity contribution in [2.24, 2.45) is 0 Å². The highest BCUT2D eigenvalue weighted by Crippen LogP contribution is 2.14. The summed E-state index contributed by atoms with van der Waals surface area (Å²) in [5.74, 6) is -0.917. The number of carbonyl (C=O) groups is 2. The van der Waals surface area contributed by atoms with Crippen LogP contribution < -0.4 is 0 Å². The highest BCUT2D eigenvalue weighted by molar-refractivity contribution is 5.69. The average Bonchev–Trinajstić information content (AvgIpc) is 2.75. The van der Waals surface area contributed by atoms with Crippen LogP contribution in [0.25, 0.3) is 0 Å². The fourth-order valence-corrected chi connectivity index (χ4v) is 3.55. The SMILES string of the molecule is CC/C=C\C/C=C\C/C=C\CCCCCCCCCC(=O)OC(CCC)CCCC(=O)O. The van der Waals surface area contributed by atoms with Gasteiger partial charge in [-0.15, -0.1) is 0 Å². The van der Waals surface area contributed by atoms with Gasteiger partial charge in [-0.25, -0.2) is 0 Å². The van der Waals surface area contributed by atoms with Crippen LogP contribution >= 0.6 is 0 Å². The van der Waals surface area contributed by atoms with E-state index in [1.165, 1.54) is 38.5 Å². The Balaban J connectivity index is 3.56. The maximum Gasteiger partial charge on any atom is 0.306 e. The largest absolute Gasteiger partial charge is 0.481 e. The lowest BCUT2D eigenvalue weighted by molar-refractivity contribution is -0.150. The Hall–Kier alpha value is -1.84. The van der Waals surface area contributed by atoms with Gasteiger partial charge in [0.25, 0.3) is 0 Å². The fraction of sp³-hybridized carbons (Fsp3) is 0.714. The number of allylic oxidation sites excluding steroid dienone is 6. The van der Waals surface area contributed by atoms with E-state index in [1.54, 1.807) is 0 Å². The molecule has 0 aromatic carbocycles. The van der Waals surface area contributed by atoms with E-state index in [4.69, 9.17) is 9.84 Å². The maximum absolute atomic E-state index is 12.0. The molecule has 0 rings (SSSR count). The number of ether oxygens (including phenoxy) is 1. The first-order valence-electron chi connectivity index (χ1n) is 13.0. The number of carboxylic acids is 1. The topological polar surface area (TPSA) is 63.6 Å². The van der Waals surface area contributed by atoms with Gasteiger partial charge in [0, 0.05) is 12.8 Å². The van der Waals surface area contributed by atoms with Gasteiger partial charge in [-0.3, -0.25) is 9.59 Å². The van der Waals surface area contributed by atoms with E-state index in [-0.39, 0.29) is 18.5 Å². The Morgan fingerprint density at radius 3 is 1.94 bits per heavy atom. The number of hydrogen-bond donors (Lipinski definition) is 1. The highest BCUT2D eigenvalue weighted by Gasteiger charge is 2.14. The van der Waals surface area contributed by atoms with Gasteiger partial charge >= 0.3 is 11.9 Å². The third-order valence-corrected chi connectivity index (χ3v) is 5.36. The van der Waals surface area contributed by atoms with Crippen molar-refractivity contribution in [3.8, 4) is 0 Å². The summed E-state index contributed by atoms with van der Waals surface area (Å²) in [6.45, 7) is 4.21. The molecule has 0 aromatic heterocycles. The zero-order valence-electron chi connectivity index (χ0n) is 20.7. The molecule has 1 N–H and O–H groups in total. The molecule has 0 amide bonds. The molecule has 32 heavy (non-hydrogen) atoms. The van der Waals surface area contributed by atoms with Gasteiger partial charge in [-0.2, -0.15) is 0 Å². The van der Waals surface area contributed by atoms with Crippen LogP contribution in [0.5, 0.6) is 0 Å². The molecule has 0 saturated carbocycles. The first-order chi connectivity index (χ1) is 15.6. The van der Waals surface area contributed by atoms with Gasteiger partial charge in [0.05, 0.1) is 0 Å². The summed E-state index contributed by atoms with van der Waals surface area (Å²) in [6, 6.07) is 0. The summed E-state index contributed by atoms with van der Waals surface area (Å²) < 4.78 is 5.56. The molecular formula is C28H48O4. The van der Waals surface area contributed by atoms with Gasteiger partial charge in [-0.05, 0) is 57.8 Å².